The SMILES string of the molecule is Cc1cc(Oc2cc(C#N)ccc2-c2ncc([C@H](O)CN)cn2)cc(N2C[C@@H]3C[C@H]2CO3)n1. The molecule has 9 nitrogen and oxygen atoms in total. The van der Waals surface area contributed by atoms with E-state index in [1.165, 1.54) is 0 Å². The molecule has 0 aliphatic carbocycles. The van der Waals surface area contributed by atoms with Gasteiger partial charge in [0.1, 0.15) is 17.3 Å². The molecule has 3 atom stereocenters. The number of nitrogens with two attached hydrogens (primary N) is 1. The molecule has 5 rings (SSSR count). The zero-order valence-corrected chi connectivity index (χ0v) is 18.2. The van der Waals surface area contributed by atoms with Crippen molar-refractivity contribution in [3.63, 3.8) is 0 Å². The first-order valence-electron chi connectivity index (χ1n) is 10.8. The lowest BCUT2D eigenvalue weighted by atomic mass is 10.1. The molecular weight excluding hydrogens is 420 g/mol. The largest absolute Gasteiger partial charge is 0.456 e. The molecule has 0 radical (unpaired) electrons. The Morgan fingerprint density at radius 1 is 1.30 bits per heavy atom. The number of rotatable bonds is 6. The summed E-state index contributed by atoms with van der Waals surface area (Å²) in [6.07, 6.45) is 3.55. The predicted molar refractivity (Wildman–Crippen MR) is 121 cm³/mol. The van der Waals surface area contributed by atoms with Crippen LogP contribution >= 0.6 is 0 Å². The number of hydrogen-bond donors (Lipinski definition) is 2. The van der Waals surface area contributed by atoms with E-state index in [9.17, 15) is 10.4 Å². The molecule has 3 aromatic rings. The standard InChI is InChI=1S/C24H24N6O3/c1-14-4-18(7-23(29-14)30-12-19-6-17(30)13-32-19)33-22-5-15(8-25)2-3-20(22)24-27-10-16(11-28-24)21(31)9-26/h2-5,7,10-11,17,19,21,31H,6,9,12-13,26H2,1H3/t17-,19-,21+/m0/s1. The van der Waals surface area contributed by atoms with Crippen LogP contribution in [-0.4, -0.2) is 51.9 Å². The molecule has 9 heteroatoms. The Morgan fingerprint density at radius 3 is 2.79 bits per heavy atom. The van der Waals surface area contributed by atoms with Crippen LogP contribution in [0.1, 0.15) is 29.3 Å². The van der Waals surface area contributed by atoms with Crippen LogP contribution in [0, 0.1) is 18.3 Å². The Kier molecular flexibility index (Phi) is 5.64. The number of nitriles is 1. The van der Waals surface area contributed by atoms with Crippen molar-refractivity contribution >= 4 is 5.82 Å². The van der Waals surface area contributed by atoms with Crippen LogP contribution in [0.2, 0.25) is 0 Å². The van der Waals surface area contributed by atoms with E-state index >= 15 is 0 Å². The van der Waals surface area contributed by atoms with Crippen molar-refractivity contribution in [3.8, 4) is 29.0 Å². The van der Waals surface area contributed by atoms with Crippen LogP contribution in [0.25, 0.3) is 11.4 Å². The van der Waals surface area contributed by atoms with Gasteiger partial charge < -0.3 is 25.2 Å². The highest BCUT2D eigenvalue weighted by Crippen LogP contribution is 2.36. The van der Waals surface area contributed by atoms with Crippen molar-refractivity contribution in [2.24, 2.45) is 5.73 Å². The van der Waals surface area contributed by atoms with Gasteiger partial charge in [0.2, 0.25) is 0 Å². The molecule has 1 aromatic carbocycles. The van der Waals surface area contributed by atoms with Crippen molar-refractivity contribution < 1.29 is 14.6 Å². The number of morpholine rings is 1. The minimum Gasteiger partial charge on any atom is -0.456 e. The summed E-state index contributed by atoms with van der Waals surface area (Å²) in [7, 11) is 0. The van der Waals surface area contributed by atoms with E-state index in [1.807, 2.05) is 19.1 Å². The summed E-state index contributed by atoms with van der Waals surface area (Å²) in [5.41, 5.74) is 7.98. The second kappa shape index (κ2) is 8.75. The third kappa shape index (κ3) is 4.24. The van der Waals surface area contributed by atoms with Gasteiger partial charge in [0.15, 0.2) is 5.82 Å². The molecule has 2 saturated heterocycles. The minimum absolute atomic E-state index is 0.0857. The third-order valence-electron chi connectivity index (χ3n) is 5.97. The number of aliphatic hydroxyl groups is 1. The summed E-state index contributed by atoms with van der Waals surface area (Å²) < 4.78 is 12.0. The van der Waals surface area contributed by atoms with Crippen molar-refractivity contribution in [3.05, 3.63) is 59.5 Å². The zero-order chi connectivity index (χ0) is 22.9. The van der Waals surface area contributed by atoms with Gasteiger partial charge in [0.05, 0.1) is 42.1 Å². The van der Waals surface area contributed by atoms with Crippen molar-refractivity contribution in [2.45, 2.75) is 31.6 Å². The number of aromatic nitrogens is 3. The molecule has 0 amide bonds. The van der Waals surface area contributed by atoms with Gasteiger partial charge in [-0.05, 0) is 31.5 Å². The number of pyridine rings is 1. The molecule has 4 heterocycles. The second-order valence-electron chi connectivity index (χ2n) is 8.32. The number of aliphatic hydroxyl groups excluding tert-OH is 1. The molecule has 0 saturated carbocycles. The van der Waals surface area contributed by atoms with E-state index in [2.05, 4.69) is 20.9 Å². The van der Waals surface area contributed by atoms with Crippen LogP contribution in [0.4, 0.5) is 5.82 Å². The summed E-state index contributed by atoms with van der Waals surface area (Å²) in [6.45, 7) is 3.56. The fraction of sp³-hybridized carbons (Fsp3) is 0.333. The molecule has 2 aromatic heterocycles. The fourth-order valence-corrected chi connectivity index (χ4v) is 4.28. The van der Waals surface area contributed by atoms with Crippen LogP contribution in [0.3, 0.4) is 0 Å². The smallest absolute Gasteiger partial charge is 0.162 e. The average molecular weight is 444 g/mol. The monoisotopic (exact) mass is 444 g/mol. The quantitative estimate of drug-likeness (QED) is 0.589. The molecule has 2 bridgehead atoms. The lowest BCUT2D eigenvalue weighted by Crippen LogP contribution is -2.37. The summed E-state index contributed by atoms with van der Waals surface area (Å²) in [5.74, 6) is 2.36. The van der Waals surface area contributed by atoms with Gasteiger partial charge in [-0.3, -0.25) is 0 Å². The third-order valence-corrected chi connectivity index (χ3v) is 5.97. The van der Waals surface area contributed by atoms with Gasteiger partial charge in [-0.15, -0.1) is 0 Å². The Bertz CT molecular complexity index is 1210. The number of fused-ring (bicyclic) bond motifs is 2. The number of benzene rings is 1. The fourth-order valence-electron chi connectivity index (χ4n) is 4.28. The lowest BCUT2D eigenvalue weighted by Gasteiger charge is -2.28. The Balaban J connectivity index is 1.48. The second-order valence-corrected chi connectivity index (χ2v) is 8.32. The number of anilines is 1. The van der Waals surface area contributed by atoms with Crippen LogP contribution in [0.15, 0.2) is 42.7 Å². The van der Waals surface area contributed by atoms with E-state index < -0.39 is 6.10 Å². The Labute approximate surface area is 191 Å². The van der Waals surface area contributed by atoms with Gasteiger partial charge in [-0.25, -0.2) is 15.0 Å². The Morgan fingerprint density at radius 2 is 2.12 bits per heavy atom. The molecule has 168 valence electrons. The average Bonchev–Trinajstić information content (AvgIpc) is 3.47. The summed E-state index contributed by atoms with van der Waals surface area (Å²) in [6, 6.07) is 11.4. The van der Waals surface area contributed by atoms with E-state index in [0.29, 0.717) is 40.1 Å². The summed E-state index contributed by atoms with van der Waals surface area (Å²) in [5, 5.41) is 19.3. The van der Waals surface area contributed by atoms with Crippen LogP contribution < -0.4 is 15.4 Å². The van der Waals surface area contributed by atoms with E-state index in [4.69, 9.17) is 20.2 Å². The number of aryl methyl sites for hydroxylation is 1. The molecular formula is C24H24N6O3. The zero-order valence-electron chi connectivity index (χ0n) is 18.2. The molecule has 3 N–H and O–H groups in total. The van der Waals surface area contributed by atoms with Gasteiger partial charge in [0, 0.05) is 48.9 Å². The number of nitrogens with zero attached hydrogens (tertiary/aromatic N) is 5. The predicted octanol–water partition coefficient (Wildman–Crippen LogP) is 2.48. The first-order valence-corrected chi connectivity index (χ1v) is 10.8. The number of ether oxygens (including phenoxy) is 2. The maximum Gasteiger partial charge on any atom is 0.162 e. The maximum atomic E-state index is 9.91. The maximum absolute atomic E-state index is 9.91. The molecule has 2 fully saturated rings. The molecule has 2 aliphatic rings. The lowest BCUT2D eigenvalue weighted by molar-refractivity contribution is 0.0988. The molecule has 0 spiro atoms. The topological polar surface area (TPSA) is 130 Å². The molecule has 2 aliphatic heterocycles. The van der Waals surface area contributed by atoms with Gasteiger partial charge >= 0.3 is 0 Å². The first kappa shape index (κ1) is 21.3. The normalized spacial score (nSPS) is 20.0. The van der Waals surface area contributed by atoms with Gasteiger partial charge in [-0.2, -0.15) is 5.26 Å². The van der Waals surface area contributed by atoms with E-state index in [-0.39, 0.29) is 12.6 Å². The van der Waals surface area contributed by atoms with E-state index in [1.54, 1.807) is 30.6 Å². The molecule has 0 unspecified atom stereocenters. The highest BCUT2D eigenvalue weighted by molar-refractivity contribution is 5.67. The van der Waals surface area contributed by atoms with E-state index in [0.717, 1.165) is 31.1 Å². The molecule has 33 heavy (non-hydrogen) atoms. The van der Waals surface area contributed by atoms with Crippen molar-refractivity contribution in [1.29, 1.82) is 5.26 Å². The highest BCUT2D eigenvalue weighted by atomic mass is 16.5. The Hall–Kier alpha value is -3.58. The van der Waals surface area contributed by atoms with Crippen molar-refractivity contribution in [2.75, 3.05) is 24.6 Å². The minimum atomic E-state index is -0.819. The summed E-state index contributed by atoms with van der Waals surface area (Å²) in [4.78, 5) is 15.7. The number of hydrogen-bond acceptors (Lipinski definition) is 9. The van der Waals surface area contributed by atoms with Crippen LogP contribution in [-0.2, 0) is 4.74 Å². The van der Waals surface area contributed by atoms with Crippen LogP contribution in [0.5, 0.6) is 11.5 Å². The van der Waals surface area contributed by atoms with Gasteiger partial charge in [0.25, 0.3) is 0 Å². The van der Waals surface area contributed by atoms with Crippen molar-refractivity contribution in [1.82, 2.24) is 15.0 Å². The first-order chi connectivity index (χ1) is 16.0. The van der Waals surface area contributed by atoms with Gasteiger partial charge in [-0.1, -0.05) is 0 Å². The summed E-state index contributed by atoms with van der Waals surface area (Å²) >= 11 is 0. The highest BCUT2D eigenvalue weighted by Gasteiger charge is 2.39.